The number of carbonyl (C=O) groups is 1. The van der Waals surface area contributed by atoms with Crippen LogP contribution in [0.25, 0.3) is 0 Å². The van der Waals surface area contributed by atoms with Gasteiger partial charge in [-0.3, -0.25) is 4.79 Å². The Labute approximate surface area is 113 Å². The van der Waals surface area contributed by atoms with Crippen LogP contribution in [0.3, 0.4) is 0 Å². The highest BCUT2D eigenvalue weighted by molar-refractivity contribution is 6.09. The number of hydrogen-bond donors (Lipinski definition) is 1. The Morgan fingerprint density at radius 2 is 1.84 bits per heavy atom. The molecule has 0 aromatic heterocycles. The lowest BCUT2D eigenvalue weighted by Gasteiger charge is -2.06. The fourth-order valence-corrected chi connectivity index (χ4v) is 1.75. The normalized spacial score (nSPS) is 10.2. The number of nitrogen functional groups attached to an aromatic ring is 1. The van der Waals surface area contributed by atoms with Crippen molar-refractivity contribution in [2.75, 3.05) is 12.3 Å². The summed E-state index contributed by atoms with van der Waals surface area (Å²) in [6, 6.07) is 14.2. The van der Waals surface area contributed by atoms with Crippen molar-refractivity contribution in [2.45, 2.75) is 13.3 Å². The smallest absolute Gasteiger partial charge is 0.193 e. The van der Waals surface area contributed by atoms with Crippen LogP contribution in [0.2, 0.25) is 0 Å². The lowest BCUT2D eigenvalue weighted by Crippen LogP contribution is -2.02. The van der Waals surface area contributed by atoms with E-state index in [4.69, 9.17) is 10.5 Å². The van der Waals surface area contributed by atoms with Gasteiger partial charge in [0.25, 0.3) is 0 Å². The maximum absolute atomic E-state index is 12.3. The first-order chi connectivity index (χ1) is 9.20. The number of carbonyl (C=O) groups excluding carboxylic acids is 1. The highest BCUT2D eigenvalue weighted by Crippen LogP contribution is 2.17. The molecule has 0 unspecified atom stereocenters. The minimum atomic E-state index is -0.0260. The van der Waals surface area contributed by atoms with E-state index in [0.717, 1.165) is 12.2 Å². The van der Waals surface area contributed by atoms with Crippen LogP contribution in [0.1, 0.15) is 29.3 Å². The van der Waals surface area contributed by atoms with E-state index in [0.29, 0.717) is 23.4 Å². The van der Waals surface area contributed by atoms with Gasteiger partial charge < -0.3 is 10.5 Å². The second kappa shape index (κ2) is 6.05. The number of benzene rings is 2. The highest BCUT2D eigenvalue weighted by Gasteiger charge is 2.09. The molecule has 98 valence electrons. The summed E-state index contributed by atoms with van der Waals surface area (Å²) >= 11 is 0. The van der Waals surface area contributed by atoms with E-state index in [1.165, 1.54) is 0 Å². The number of hydrogen-bond acceptors (Lipinski definition) is 3. The van der Waals surface area contributed by atoms with Crippen molar-refractivity contribution < 1.29 is 9.53 Å². The third kappa shape index (κ3) is 3.35. The monoisotopic (exact) mass is 255 g/mol. The average molecular weight is 255 g/mol. The minimum Gasteiger partial charge on any atom is -0.494 e. The second-order valence-electron chi connectivity index (χ2n) is 4.33. The van der Waals surface area contributed by atoms with Crippen LogP contribution in [-0.2, 0) is 0 Å². The zero-order valence-electron chi connectivity index (χ0n) is 10.9. The molecule has 0 aliphatic carbocycles. The summed E-state index contributed by atoms with van der Waals surface area (Å²) in [6.45, 7) is 2.70. The Morgan fingerprint density at radius 3 is 2.53 bits per heavy atom. The summed E-state index contributed by atoms with van der Waals surface area (Å²) in [5.74, 6) is 0.699. The van der Waals surface area contributed by atoms with Gasteiger partial charge in [0.1, 0.15) is 5.75 Å². The Morgan fingerprint density at radius 1 is 1.11 bits per heavy atom. The van der Waals surface area contributed by atoms with Crippen LogP contribution in [0.4, 0.5) is 5.69 Å². The van der Waals surface area contributed by atoms with Crippen LogP contribution in [-0.4, -0.2) is 12.4 Å². The Hall–Kier alpha value is -2.29. The van der Waals surface area contributed by atoms with Crippen molar-refractivity contribution in [1.82, 2.24) is 0 Å². The van der Waals surface area contributed by atoms with Crippen LogP contribution in [0.15, 0.2) is 48.5 Å². The second-order valence-corrected chi connectivity index (χ2v) is 4.33. The molecule has 0 aliphatic rings. The molecule has 0 aliphatic heterocycles. The zero-order chi connectivity index (χ0) is 13.7. The van der Waals surface area contributed by atoms with E-state index in [1.54, 1.807) is 36.4 Å². The van der Waals surface area contributed by atoms with E-state index in [1.807, 2.05) is 19.1 Å². The molecule has 2 rings (SSSR count). The quantitative estimate of drug-likeness (QED) is 0.659. The van der Waals surface area contributed by atoms with E-state index < -0.39 is 0 Å². The largest absolute Gasteiger partial charge is 0.494 e. The summed E-state index contributed by atoms with van der Waals surface area (Å²) in [7, 11) is 0. The molecular formula is C16H17NO2. The molecule has 0 amide bonds. The predicted molar refractivity (Wildman–Crippen MR) is 76.5 cm³/mol. The van der Waals surface area contributed by atoms with Gasteiger partial charge in [-0.1, -0.05) is 19.1 Å². The molecule has 0 fully saturated rings. The molecule has 0 radical (unpaired) electrons. The maximum atomic E-state index is 12.3. The van der Waals surface area contributed by atoms with Crippen molar-refractivity contribution in [2.24, 2.45) is 0 Å². The third-order valence-electron chi connectivity index (χ3n) is 2.74. The van der Waals surface area contributed by atoms with Crippen LogP contribution < -0.4 is 10.5 Å². The molecule has 3 heteroatoms. The van der Waals surface area contributed by atoms with Gasteiger partial charge in [0.15, 0.2) is 5.78 Å². The summed E-state index contributed by atoms with van der Waals surface area (Å²) in [6.07, 6.45) is 0.941. The van der Waals surface area contributed by atoms with Crippen molar-refractivity contribution in [3.05, 3.63) is 59.7 Å². The molecule has 0 heterocycles. The number of ketones is 1. The van der Waals surface area contributed by atoms with Crippen molar-refractivity contribution >= 4 is 11.5 Å². The number of anilines is 1. The number of nitrogens with two attached hydrogens (primary N) is 1. The van der Waals surface area contributed by atoms with E-state index in [2.05, 4.69) is 0 Å². The molecule has 19 heavy (non-hydrogen) atoms. The summed E-state index contributed by atoms with van der Waals surface area (Å²) in [5.41, 5.74) is 7.51. The Balaban J connectivity index is 2.21. The first-order valence-electron chi connectivity index (χ1n) is 6.34. The summed E-state index contributed by atoms with van der Waals surface area (Å²) in [4.78, 5) is 12.3. The summed E-state index contributed by atoms with van der Waals surface area (Å²) < 4.78 is 5.53. The van der Waals surface area contributed by atoms with Gasteiger partial charge in [0, 0.05) is 16.8 Å². The molecular weight excluding hydrogens is 238 g/mol. The molecule has 0 atom stereocenters. The molecule has 0 saturated carbocycles. The van der Waals surface area contributed by atoms with Crippen molar-refractivity contribution in [3.8, 4) is 5.75 Å². The minimum absolute atomic E-state index is 0.0260. The lowest BCUT2D eigenvalue weighted by atomic mass is 10.0. The summed E-state index contributed by atoms with van der Waals surface area (Å²) in [5, 5.41) is 0. The third-order valence-corrected chi connectivity index (χ3v) is 2.74. The Kier molecular flexibility index (Phi) is 4.18. The molecule has 0 saturated heterocycles. The van der Waals surface area contributed by atoms with E-state index in [-0.39, 0.29) is 5.78 Å². The lowest BCUT2D eigenvalue weighted by molar-refractivity contribution is 0.103. The van der Waals surface area contributed by atoms with Crippen LogP contribution in [0.5, 0.6) is 5.75 Å². The maximum Gasteiger partial charge on any atom is 0.193 e. The average Bonchev–Trinajstić information content (AvgIpc) is 2.45. The molecule has 3 nitrogen and oxygen atoms in total. The van der Waals surface area contributed by atoms with Gasteiger partial charge in [-0.25, -0.2) is 0 Å². The first-order valence-corrected chi connectivity index (χ1v) is 6.34. The van der Waals surface area contributed by atoms with Gasteiger partial charge >= 0.3 is 0 Å². The first kappa shape index (κ1) is 13.1. The fourth-order valence-electron chi connectivity index (χ4n) is 1.75. The molecule has 2 aromatic carbocycles. The van der Waals surface area contributed by atoms with Gasteiger partial charge in [-0.15, -0.1) is 0 Å². The Bertz CT molecular complexity index is 561. The number of rotatable bonds is 5. The number of ether oxygens (including phenoxy) is 1. The van der Waals surface area contributed by atoms with E-state index >= 15 is 0 Å². The molecule has 2 N–H and O–H groups in total. The standard InChI is InChI=1S/C16H17NO2/c1-2-10-19-15-5-3-4-13(11-15)16(18)12-6-8-14(17)9-7-12/h3-9,11H,2,10,17H2,1H3. The molecule has 2 aromatic rings. The van der Waals surface area contributed by atoms with Crippen LogP contribution in [0, 0.1) is 0 Å². The van der Waals surface area contributed by atoms with Crippen molar-refractivity contribution in [1.29, 1.82) is 0 Å². The topological polar surface area (TPSA) is 52.3 Å². The highest BCUT2D eigenvalue weighted by atomic mass is 16.5. The van der Waals surface area contributed by atoms with Crippen LogP contribution >= 0.6 is 0 Å². The van der Waals surface area contributed by atoms with E-state index in [9.17, 15) is 4.79 Å². The van der Waals surface area contributed by atoms with Gasteiger partial charge in [0.2, 0.25) is 0 Å². The molecule has 0 bridgehead atoms. The van der Waals surface area contributed by atoms with Gasteiger partial charge in [-0.05, 0) is 42.8 Å². The van der Waals surface area contributed by atoms with Gasteiger partial charge in [0.05, 0.1) is 6.61 Å². The SMILES string of the molecule is CCCOc1cccc(C(=O)c2ccc(N)cc2)c1. The van der Waals surface area contributed by atoms with Gasteiger partial charge in [-0.2, -0.15) is 0 Å². The molecule has 0 spiro atoms. The van der Waals surface area contributed by atoms with Crippen molar-refractivity contribution in [3.63, 3.8) is 0 Å². The zero-order valence-corrected chi connectivity index (χ0v) is 10.9. The fraction of sp³-hybridized carbons (Fsp3) is 0.188. The predicted octanol–water partition coefficient (Wildman–Crippen LogP) is 3.29.